The normalized spacial score (nSPS) is 13.3. The fraction of sp³-hybridized carbons (Fsp3) is 0.600. The predicted molar refractivity (Wildman–Crippen MR) is 84.6 cm³/mol. The highest BCUT2D eigenvalue weighted by Gasteiger charge is 2.14. The molecule has 21 heavy (non-hydrogen) atoms. The topological polar surface area (TPSA) is 81.4 Å². The zero-order valence-corrected chi connectivity index (χ0v) is 13.7. The second-order valence-electron chi connectivity index (χ2n) is 5.04. The van der Waals surface area contributed by atoms with Crippen LogP contribution in [0, 0.1) is 0 Å². The second kappa shape index (κ2) is 9.15. The third-order valence-corrected chi connectivity index (χ3v) is 4.81. The highest BCUT2D eigenvalue weighted by molar-refractivity contribution is 7.89. The summed E-state index contributed by atoms with van der Waals surface area (Å²) < 4.78 is 32.0. The van der Waals surface area contributed by atoms with E-state index in [2.05, 4.69) is 4.72 Å². The first-order valence-electron chi connectivity index (χ1n) is 7.35. The lowest BCUT2D eigenvalue weighted by atomic mass is 10.1. The Morgan fingerprint density at radius 2 is 2.05 bits per heavy atom. The van der Waals surface area contributed by atoms with Gasteiger partial charge in [0.1, 0.15) is 0 Å². The summed E-state index contributed by atoms with van der Waals surface area (Å²) >= 11 is 0. The Morgan fingerprint density at radius 1 is 1.29 bits per heavy atom. The van der Waals surface area contributed by atoms with E-state index in [1.54, 1.807) is 25.3 Å². The van der Waals surface area contributed by atoms with Gasteiger partial charge in [0.05, 0.1) is 4.90 Å². The molecule has 1 aromatic carbocycles. The van der Waals surface area contributed by atoms with Crippen LogP contribution in [-0.4, -0.2) is 28.7 Å². The molecule has 120 valence electrons. The predicted octanol–water partition coefficient (Wildman–Crippen LogP) is 2.19. The van der Waals surface area contributed by atoms with E-state index < -0.39 is 10.0 Å². The summed E-state index contributed by atoms with van der Waals surface area (Å²) in [6.45, 7) is 3.13. The summed E-state index contributed by atoms with van der Waals surface area (Å²) in [6, 6.07) is 6.71. The van der Waals surface area contributed by atoms with Crippen molar-refractivity contribution in [1.29, 1.82) is 0 Å². The molecule has 0 saturated heterocycles. The lowest BCUT2D eigenvalue weighted by Crippen LogP contribution is -2.25. The summed E-state index contributed by atoms with van der Waals surface area (Å²) in [5.74, 6) is 0. The van der Waals surface area contributed by atoms with Crippen LogP contribution in [-0.2, 0) is 14.8 Å². The second-order valence-corrected chi connectivity index (χ2v) is 6.81. The van der Waals surface area contributed by atoms with Crippen LogP contribution in [0.5, 0.6) is 0 Å². The fourth-order valence-electron chi connectivity index (χ4n) is 1.99. The van der Waals surface area contributed by atoms with Gasteiger partial charge in [-0.05, 0) is 43.4 Å². The molecule has 6 heteroatoms. The molecule has 3 N–H and O–H groups in total. The summed E-state index contributed by atoms with van der Waals surface area (Å²) in [7, 11) is -1.79. The first-order chi connectivity index (χ1) is 10.0. The maximum atomic E-state index is 12.2. The van der Waals surface area contributed by atoms with E-state index in [0.717, 1.165) is 31.2 Å². The van der Waals surface area contributed by atoms with Crippen molar-refractivity contribution in [3.05, 3.63) is 29.8 Å². The van der Waals surface area contributed by atoms with Crippen molar-refractivity contribution < 1.29 is 13.2 Å². The maximum Gasteiger partial charge on any atom is 0.240 e. The monoisotopic (exact) mass is 314 g/mol. The van der Waals surface area contributed by atoms with E-state index in [0.29, 0.717) is 13.2 Å². The zero-order chi connectivity index (χ0) is 15.7. The maximum absolute atomic E-state index is 12.2. The molecular formula is C15H26N2O3S. The lowest BCUT2D eigenvalue weighted by Gasteiger charge is -2.12. The largest absolute Gasteiger partial charge is 0.385 e. The third kappa shape index (κ3) is 6.13. The van der Waals surface area contributed by atoms with Gasteiger partial charge < -0.3 is 10.5 Å². The van der Waals surface area contributed by atoms with Crippen LogP contribution in [0.3, 0.4) is 0 Å². The molecule has 0 bridgehead atoms. The Balaban J connectivity index is 2.58. The van der Waals surface area contributed by atoms with Gasteiger partial charge in [0.15, 0.2) is 0 Å². The molecule has 1 atom stereocenters. The summed E-state index contributed by atoms with van der Waals surface area (Å²) in [6.07, 6.45) is 3.46. The SMILES string of the molecule is CCC(N)c1cccc(S(=O)(=O)NCCCCCOC)c1. The smallest absolute Gasteiger partial charge is 0.240 e. The van der Waals surface area contributed by atoms with Crippen molar-refractivity contribution >= 4 is 10.0 Å². The number of sulfonamides is 1. The number of nitrogens with two attached hydrogens (primary N) is 1. The van der Waals surface area contributed by atoms with Crippen LogP contribution >= 0.6 is 0 Å². The van der Waals surface area contributed by atoms with E-state index in [9.17, 15) is 8.42 Å². The molecule has 0 radical (unpaired) electrons. The van der Waals surface area contributed by atoms with Crippen molar-refractivity contribution in [3.63, 3.8) is 0 Å². The molecular weight excluding hydrogens is 288 g/mol. The number of methoxy groups -OCH3 is 1. The molecule has 0 aromatic heterocycles. The zero-order valence-electron chi connectivity index (χ0n) is 12.8. The highest BCUT2D eigenvalue weighted by Crippen LogP contribution is 2.18. The number of hydrogen-bond donors (Lipinski definition) is 2. The molecule has 1 unspecified atom stereocenters. The molecule has 0 heterocycles. The van der Waals surface area contributed by atoms with Crippen molar-refractivity contribution in [2.45, 2.75) is 43.5 Å². The lowest BCUT2D eigenvalue weighted by molar-refractivity contribution is 0.192. The van der Waals surface area contributed by atoms with Crippen LogP contribution in [0.25, 0.3) is 0 Å². The van der Waals surface area contributed by atoms with E-state index in [-0.39, 0.29) is 10.9 Å². The van der Waals surface area contributed by atoms with Crippen LogP contribution in [0.4, 0.5) is 0 Å². The number of hydrogen-bond acceptors (Lipinski definition) is 4. The average Bonchev–Trinajstić information content (AvgIpc) is 2.50. The number of benzene rings is 1. The standard InChI is InChI=1S/C15H26N2O3S/c1-3-15(16)13-8-7-9-14(12-13)21(18,19)17-10-5-4-6-11-20-2/h7-9,12,15,17H,3-6,10-11,16H2,1-2H3. The molecule has 0 amide bonds. The molecule has 0 spiro atoms. The molecule has 0 aliphatic heterocycles. The van der Waals surface area contributed by atoms with Gasteiger partial charge in [0, 0.05) is 26.3 Å². The Bertz CT molecular complexity index is 517. The van der Waals surface area contributed by atoms with Crippen LogP contribution in [0.1, 0.15) is 44.2 Å². The number of nitrogens with one attached hydrogen (secondary N) is 1. The van der Waals surface area contributed by atoms with E-state index >= 15 is 0 Å². The van der Waals surface area contributed by atoms with Gasteiger partial charge in [0.25, 0.3) is 0 Å². The first-order valence-corrected chi connectivity index (χ1v) is 8.83. The molecule has 1 rings (SSSR count). The van der Waals surface area contributed by atoms with Gasteiger partial charge in [-0.25, -0.2) is 13.1 Å². The average molecular weight is 314 g/mol. The third-order valence-electron chi connectivity index (χ3n) is 3.35. The van der Waals surface area contributed by atoms with Crippen molar-refractivity contribution in [2.24, 2.45) is 5.73 Å². The van der Waals surface area contributed by atoms with Crippen molar-refractivity contribution in [2.75, 3.05) is 20.3 Å². The van der Waals surface area contributed by atoms with E-state index in [1.165, 1.54) is 0 Å². The van der Waals surface area contributed by atoms with Crippen molar-refractivity contribution in [1.82, 2.24) is 4.72 Å². The minimum Gasteiger partial charge on any atom is -0.385 e. The van der Waals surface area contributed by atoms with E-state index in [4.69, 9.17) is 10.5 Å². The van der Waals surface area contributed by atoms with Crippen LogP contribution < -0.4 is 10.5 Å². The number of ether oxygens (including phenoxy) is 1. The molecule has 0 aliphatic carbocycles. The first kappa shape index (κ1) is 18.1. The highest BCUT2D eigenvalue weighted by atomic mass is 32.2. The van der Waals surface area contributed by atoms with Gasteiger partial charge in [-0.15, -0.1) is 0 Å². The van der Waals surface area contributed by atoms with Gasteiger partial charge in [-0.2, -0.15) is 0 Å². The minimum atomic E-state index is -3.45. The quantitative estimate of drug-likeness (QED) is 0.649. The van der Waals surface area contributed by atoms with Crippen LogP contribution in [0.2, 0.25) is 0 Å². The van der Waals surface area contributed by atoms with Gasteiger partial charge in [-0.3, -0.25) is 0 Å². The van der Waals surface area contributed by atoms with Crippen LogP contribution in [0.15, 0.2) is 29.2 Å². The van der Waals surface area contributed by atoms with Gasteiger partial charge in [0.2, 0.25) is 10.0 Å². The van der Waals surface area contributed by atoms with Gasteiger partial charge in [-0.1, -0.05) is 19.1 Å². The number of unbranched alkanes of at least 4 members (excludes halogenated alkanes) is 2. The van der Waals surface area contributed by atoms with Gasteiger partial charge >= 0.3 is 0 Å². The number of rotatable bonds is 10. The van der Waals surface area contributed by atoms with Crippen molar-refractivity contribution in [3.8, 4) is 0 Å². The Hall–Kier alpha value is -0.950. The summed E-state index contributed by atoms with van der Waals surface area (Å²) in [5, 5.41) is 0. The Kier molecular flexibility index (Phi) is 7.88. The molecule has 0 saturated carbocycles. The summed E-state index contributed by atoms with van der Waals surface area (Å²) in [4.78, 5) is 0.279. The molecule has 1 aromatic rings. The molecule has 0 fully saturated rings. The summed E-state index contributed by atoms with van der Waals surface area (Å²) in [5.41, 5.74) is 6.80. The minimum absolute atomic E-state index is 0.130. The fourth-order valence-corrected chi connectivity index (χ4v) is 3.11. The van der Waals surface area contributed by atoms with E-state index in [1.807, 2.05) is 13.0 Å². The molecule has 0 aliphatic rings. The molecule has 5 nitrogen and oxygen atoms in total. The Labute approximate surface area is 127 Å². The Morgan fingerprint density at radius 3 is 2.71 bits per heavy atom.